The van der Waals surface area contributed by atoms with Crippen molar-refractivity contribution in [2.75, 3.05) is 13.1 Å². The molecule has 3 aromatic rings. The molecule has 1 aliphatic rings. The van der Waals surface area contributed by atoms with E-state index in [-0.39, 0.29) is 5.91 Å². The van der Waals surface area contributed by atoms with E-state index < -0.39 is 0 Å². The molecule has 1 saturated heterocycles. The molecule has 0 radical (unpaired) electrons. The van der Waals surface area contributed by atoms with Gasteiger partial charge < -0.3 is 4.90 Å². The van der Waals surface area contributed by atoms with Crippen LogP contribution in [0.25, 0.3) is 5.65 Å². The van der Waals surface area contributed by atoms with E-state index in [0.717, 1.165) is 55.1 Å². The molecule has 7 heteroatoms. The van der Waals surface area contributed by atoms with Crippen LogP contribution in [0.1, 0.15) is 40.4 Å². The number of piperidine rings is 1. The summed E-state index contributed by atoms with van der Waals surface area (Å²) in [4.78, 5) is 19.3. The largest absolute Gasteiger partial charge is 0.337 e. The Morgan fingerprint density at radius 1 is 1.36 bits per heavy atom. The van der Waals surface area contributed by atoms with Crippen LogP contribution in [0.3, 0.4) is 0 Å². The lowest BCUT2D eigenvalue weighted by Crippen LogP contribution is -2.40. The van der Waals surface area contributed by atoms with Crippen molar-refractivity contribution in [2.24, 2.45) is 5.92 Å². The number of fused-ring (bicyclic) bond motifs is 1. The molecule has 1 atom stereocenters. The molecule has 25 heavy (non-hydrogen) atoms. The maximum absolute atomic E-state index is 12.9. The summed E-state index contributed by atoms with van der Waals surface area (Å²) >= 11 is 0. The summed E-state index contributed by atoms with van der Waals surface area (Å²) in [6.45, 7) is 5.48. The molecular weight excluding hydrogens is 316 g/mol. The average Bonchev–Trinajstić information content (AvgIpc) is 3.24. The van der Waals surface area contributed by atoms with Crippen LogP contribution < -0.4 is 0 Å². The summed E-state index contributed by atoms with van der Waals surface area (Å²) in [5.74, 6) is 0.453. The Kier molecular flexibility index (Phi) is 3.99. The number of hydrogen-bond acceptors (Lipinski definition) is 4. The molecule has 3 aromatic heterocycles. The van der Waals surface area contributed by atoms with Gasteiger partial charge in [-0.2, -0.15) is 10.2 Å². The number of nitrogens with one attached hydrogen (secondary N) is 1. The highest BCUT2D eigenvalue weighted by atomic mass is 16.2. The zero-order valence-corrected chi connectivity index (χ0v) is 14.6. The van der Waals surface area contributed by atoms with Gasteiger partial charge in [0.15, 0.2) is 11.3 Å². The summed E-state index contributed by atoms with van der Waals surface area (Å²) in [6, 6.07) is 5.76. The van der Waals surface area contributed by atoms with Crippen LogP contribution in [0, 0.1) is 19.8 Å². The van der Waals surface area contributed by atoms with Crippen molar-refractivity contribution in [3.05, 3.63) is 47.2 Å². The number of hydrogen-bond donors (Lipinski definition) is 1. The highest BCUT2D eigenvalue weighted by molar-refractivity contribution is 5.93. The van der Waals surface area contributed by atoms with Gasteiger partial charge in [-0.3, -0.25) is 9.89 Å². The molecule has 0 aliphatic carbocycles. The number of likely N-dealkylation sites (tertiary alicyclic amines) is 1. The van der Waals surface area contributed by atoms with E-state index in [1.807, 2.05) is 30.9 Å². The molecule has 130 valence electrons. The van der Waals surface area contributed by atoms with Crippen LogP contribution in [-0.2, 0) is 6.42 Å². The Morgan fingerprint density at radius 2 is 2.24 bits per heavy atom. The van der Waals surface area contributed by atoms with E-state index in [1.54, 1.807) is 16.8 Å². The van der Waals surface area contributed by atoms with Crippen molar-refractivity contribution in [3.8, 4) is 0 Å². The fourth-order valence-corrected chi connectivity index (χ4v) is 3.68. The molecule has 7 nitrogen and oxygen atoms in total. The van der Waals surface area contributed by atoms with E-state index in [0.29, 0.717) is 11.6 Å². The van der Waals surface area contributed by atoms with Gasteiger partial charge in [-0.25, -0.2) is 9.50 Å². The first-order chi connectivity index (χ1) is 12.1. The summed E-state index contributed by atoms with van der Waals surface area (Å²) < 4.78 is 1.74. The molecule has 0 unspecified atom stereocenters. The van der Waals surface area contributed by atoms with Gasteiger partial charge in [-0.05, 0) is 51.2 Å². The molecule has 4 rings (SSSR count). The molecule has 0 saturated carbocycles. The number of aromatic amines is 1. The second-order valence-corrected chi connectivity index (χ2v) is 6.88. The van der Waals surface area contributed by atoms with Gasteiger partial charge >= 0.3 is 0 Å². The first-order valence-corrected chi connectivity index (χ1v) is 8.72. The first kappa shape index (κ1) is 15.8. The van der Waals surface area contributed by atoms with E-state index in [2.05, 4.69) is 20.3 Å². The normalized spacial score (nSPS) is 18.0. The summed E-state index contributed by atoms with van der Waals surface area (Å²) in [5, 5.41) is 11.5. The molecule has 0 spiro atoms. The third-order valence-corrected chi connectivity index (χ3v) is 4.83. The Hall–Kier alpha value is -2.70. The Balaban J connectivity index is 1.53. The van der Waals surface area contributed by atoms with Crippen molar-refractivity contribution in [2.45, 2.75) is 33.1 Å². The van der Waals surface area contributed by atoms with Gasteiger partial charge in [0.1, 0.15) is 0 Å². The molecule has 1 fully saturated rings. The van der Waals surface area contributed by atoms with Crippen LogP contribution in [0.5, 0.6) is 0 Å². The lowest BCUT2D eigenvalue weighted by molar-refractivity contribution is 0.0666. The van der Waals surface area contributed by atoms with E-state index in [1.165, 1.54) is 0 Å². The summed E-state index contributed by atoms with van der Waals surface area (Å²) in [6.07, 6.45) is 4.85. The van der Waals surface area contributed by atoms with Crippen LogP contribution in [-0.4, -0.2) is 48.7 Å². The fraction of sp³-hybridized carbons (Fsp3) is 0.444. The predicted octanol–water partition coefficient (Wildman–Crippen LogP) is 2.16. The Morgan fingerprint density at radius 3 is 3.04 bits per heavy atom. The molecule has 0 aromatic carbocycles. The number of carbonyl (C=O) groups excluding carboxylic acids is 1. The number of aryl methyl sites for hydroxylation is 2. The highest BCUT2D eigenvalue weighted by Crippen LogP contribution is 2.22. The van der Waals surface area contributed by atoms with Gasteiger partial charge in [-0.1, -0.05) is 0 Å². The topological polar surface area (TPSA) is 79.2 Å². The predicted molar refractivity (Wildman–Crippen MR) is 93.4 cm³/mol. The lowest BCUT2D eigenvalue weighted by Gasteiger charge is -2.32. The number of rotatable bonds is 3. The van der Waals surface area contributed by atoms with Crippen LogP contribution >= 0.6 is 0 Å². The summed E-state index contributed by atoms with van der Waals surface area (Å²) in [5.41, 5.74) is 4.25. The van der Waals surface area contributed by atoms with Crippen molar-refractivity contribution >= 4 is 11.6 Å². The maximum atomic E-state index is 12.9. The Bertz CT molecular complexity index is 898. The van der Waals surface area contributed by atoms with Crippen molar-refractivity contribution < 1.29 is 4.79 Å². The number of H-pyrrole nitrogens is 1. The SMILES string of the molecule is Cc1cc(C)n2nc(C(=O)N3CCC[C@H](Cc4ccn[nH]4)C3)cc2n1. The first-order valence-electron chi connectivity index (χ1n) is 8.72. The van der Waals surface area contributed by atoms with E-state index >= 15 is 0 Å². The quantitative estimate of drug-likeness (QED) is 0.794. The van der Waals surface area contributed by atoms with Gasteiger partial charge in [0.2, 0.25) is 0 Å². The Labute approximate surface area is 146 Å². The number of aromatic nitrogens is 5. The van der Waals surface area contributed by atoms with E-state index in [9.17, 15) is 4.79 Å². The molecule has 1 N–H and O–H groups in total. The van der Waals surface area contributed by atoms with Gasteiger partial charge in [0.05, 0.1) is 0 Å². The molecule has 1 aliphatic heterocycles. The van der Waals surface area contributed by atoms with Gasteiger partial charge in [0.25, 0.3) is 5.91 Å². The van der Waals surface area contributed by atoms with Crippen molar-refractivity contribution in [1.29, 1.82) is 0 Å². The minimum atomic E-state index is -0.00290. The smallest absolute Gasteiger partial charge is 0.274 e. The van der Waals surface area contributed by atoms with Gasteiger partial charge in [-0.15, -0.1) is 0 Å². The average molecular weight is 338 g/mol. The maximum Gasteiger partial charge on any atom is 0.274 e. The monoisotopic (exact) mass is 338 g/mol. The van der Waals surface area contributed by atoms with Crippen LogP contribution in [0.4, 0.5) is 0 Å². The highest BCUT2D eigenvalue weighted by Gasteiger charge is 2.26. The zero-order valence-electron chi connectivity index (χ0n) is 14.6. The molecule has 0 bridgehead atoms. The molecule has 1 amide bonds. The lowest BCUT2D eigenvalue weighted by atomic mass is 9.93. The zero-order chi connectivity index (χ0) is 17.4. The molecular formula is C18H22N6O. The number of carbonyl (C=O) groups is 1. The minimum Gasteiger partial charge on any atom is -0.337 e. The second kappa shape index (κ2) is 6.31. The van der Waals surface area contributed by atoms with Crippen molar-refractivity contribution in [1.82, 2.24) is 29.7 Å². The second-order valence-electron chi connectivity index (χ2n) is 6.88. The van der Waals surface area contributed by atoms with Crippen LogP contribution in [0.2, 0.25) is 0 Å². The fourth-order valence-electron chi connectivity index (χ4n) is 3.68. The van der Waals surface area contributed by atoms with Gasteiger partial charge in [0, 0.05) is 42.4 Å². The van der Waals surface area contributed by atoms with Crippen molar-refractivity contribution in [3.63, 3.8) is 0 Å². The third-order valence-electron chi connectivity index (χ3n) is 4.83. The summed E-state index contributed by atoms with van der Waals surface area (Å²) in [7, 11) is 0. The van der Waals surface area contributed by atoms with Crippen LogP contribution in [0.15, 0.2) is 24.4 Å². The van der Waals surface area contributed by atoms with E-state index in [4.69, 9.17) is 0 Å². The number of amides is 1. The standard InChI is InChI=1S/C18H22N6O/c1-12-8-13(2)24-17(20-12)10-16(22-24)18(25)23-7-3-4-14(11-23)9-15-5-6-19-21-15/h5-6,8,10,14H,3-4,7,9,11H2,1-2H3,(H,19,21)/t14-/m1/s1. The number of nitrogens with zero attached hydrogens (tertiary/aromatic N) is 5. The molecule has 4 heterocycles. The third kappa shape index (κ3) is 3.14. The minimum absolute atomic E-state index is 0.00290.